The standard InChI is InChI=1S/C13H28N4.HI/c1-3-10-17(11-4-2)12-6-9-16-13-14-7-5-8-15-13;/h3-12H2,1-2H3,(H2,14,15,16);1H. The summed E-state index contributed by atoms with van der Waals surface area (Å²) in [5.41, 5.74) is 0. The molecule has 108 valence electrons. The van der Waals surface area contributed by atoms with Gasteiger partial charge in [-0.3, -0.25) is 4.99 Å². The first-order chi connectivity index (χ1) is 8.36. The maximum absolute atomic E-state index is 4.40. The quantitative estimate of drug-likeness (QED) is 0.509. The fourth-order valence-electron chi connectivity index (χ4n) is 2.13. The number of nitrogens with zero attached hydrogens (tertiary/aromatic N) is 2. The highest BCUT2D eigenvalue weighted by Crippen LogP contribution is 1.96. The first-order valence-corrected chi connectivity index (χ1v) is 7.11. The molecule has 0 spiro atoms. The second-order valence-corrected chi connectivity index (χ2v) is 4.63. The van der Waals surface area contributed by atoms with Crippen LogP contribution in [0.5, 0.6) is 0 Å². The molecular weight excluding hydrogens is 339 g/mol. The number of aliphatic imine (C=N–C) groups is 1. The summed E-state index contributed by atoms with van der Waals surface area (Å²) in [6.45, 7) is 11.2. The maximum atomic E-state index is 4.40. The third-order valence-corrected chi connectivity index (χ3v) is 2.92. The van der Waals surface area contributed by atoms with E-state index in [-0.39, 0.29) is 24.0 Å². The zero-order valence-corrected chi connectivity index (χ0v) is 14.2. The first kappa shape index (κ1) is 18.0. The van der Waals surface area contributed by atoms with E-state index in [0.29, 0.717) is 0 Å². The van der Waals surface area contributed by atoms with Gasteiger partial charge < -0.3 is 15.5 Å². The Morgan fingerprint density at radius 2 is 1.94 bits per heavy atom. The maximum Gasteiger partial charge on any atom is 0.191 e. The summed E-state index contributed by atoms with van der Waals surface area (Å²) in [5, 5.41) is 6.66. The minimum absolute atomic E-state index is 0. The van der Waals surface area contributed by atoms with Crippen molar-refractivity contribution in [3.63, 3.8) is 0 Å². The van der Waals surface area contributed by atoms with E-state index in [1.165, 1.54) is 38.9 Å². The predicted molar refractivity (Wildman–Crippen MR) is 90.0 cm³/mol. The van der Waals surface area contributed by atoms with Gasteiger partial charge in [-0.1, -0.05) is 13.8 Å². The molecular formula is C13H29IN4. The van der Waals surface area contributed by atoms with Crippen LogP contribution in [0.1, 0.15) is 39.5 Å². The summed E-state index contributed by atoms with van der Waals surface area (Å²) in [4.78, 5) is 6.95. The van der Waals surface area contributed by atoms with Crippen molar-refractivity contribution in [2.45, 2.75) is 39.5 Å². The molecule has 0 amide bonds. The van der Waals surface area contributed by atoms with Crippen LogP contribution >= 0.6 is 24.0 Å². The van der Waals surface area contributed by atoms with Crippen LogP contribution in [0.25, 0.3) is 0 Å². The van der Waals surface area contributed by atoms with E-state index < -0.39 is 0 Å². The van der Waals surface area contributed by atoms with Crippen molar-refractivity contribution in [3.8, 4) is 0 Å². The van der Waals surface area contributed by atoms with E-state index in [1.54, 1.807) is 0 Å². The van der Waals surface area contributed by atoms with Crippen molar-refractivity contribution in [2.24, 2.45) is 4.99 Å². The fraction of sp³-hybridized carbons (Fsp3) is 0.923. The van der Waals surface area contributed by atoms with Gasteiger partial charge in [0.05, 0.1) is 0 Å². The SMILES string of the molecule is CCCN(CCC)CCCNC1=NCCCN1.I. The van der Waals surface area contributed by atoms with Crippen LogP contribution in [0.3, 0.4) is 0 Å². The minimum Gasteiger partial charge on any atom is -0.356 e. The second kappa shape index (κ2) is 12.0. The summed E-state index contributed by atoms with van der Waals surface area (Å²) < 4.78 is 0. The van der Waals surface area contributed by atoms with Gasteiger partial charge in [-0.05, 0) is 45.3 Å². The predicted octanol–water partition coefficient (Wildman–Crippen LogP) is 2.06. The molecule has 2 N–H and O–H groups in total. The van der Waals surface area contributed by atoms with Gasteiger partial charge in [-0.2, -0.15) is 0 Å². The highest BCUT2D eigenvalue weighted by atomic mass is 127. The molecule has 0 aromatic carbocycles. The molecule has 5 heteroatoms. The summed E-state index contributed by atoms with van der Waals surface area (Å²) in [6, 6.07) is 0. The molecule has 0 aromatic rings. The smallest absolute Gasteiger partial charge is 0.191 e. The Hall–Kier alpha value is -0.0400. The zero-order valence-electron chi connectivity index (χ0n) is 11.9. The molecule has 0 radical (unpaired) electrons. The van der Waals surface area contributed by atoms with Gasteiger partial charge in [-0.25, -0.2) is 0 Å². The van der Waals surface area contributed by atoms with Crippen LogP contribution in [-0.2, 0) is 0 Å². The zero-order chi connectivity index (χ0) is 12.3. The normalized spacial score (nSPS) is 14.7. The summed E-state index contributed by atoms with van der Waals surface area (Å²) >= 11 is 0. The van der Waals surface area contributed by atoms with Crippen LogP contribution in [0.15, 0.2) is 4.99 Å². The fourth-order valence-corrected chi connectivity index (χ4v) is 2.13. The molecule has 0 aliphatic carbocycles. The van der Waals surface area contributed by atoms with Gasteiger partial charge >= 0.3 is 0 Å². The topological polar surface area (TPSA) is 39.7 Å². The van der Waals surface area contributed by atoms with Gasteiger partial charge in [0.1, 0.15) is 0 Å². The number of rotatable bonds is 8. The average molecular weight is 368 g/mol. The Balaban J connectivity index is 0.00000289. The lowest BCUT2D eigenvalue weighted by Crippen LogP contribution is -2.41. The molecule has 0 bridgehead atoms. The molecule has 0 fully saturated rings. The molecule has 1 rings (SSSR count). The molecule has 0 saturated carbocycles. The number of halogens is 1. The Labute approximate surface area is 129 Å². The van der Waals surface area contributed by atoms with Crippen molar-refractivity contribution in [3.05, 3.63) is 0 Å². The molecule has 1 heterocycles. The van der Waals surface area contributed by atoms with E-state index in [4.69, 9.17) is 0 Å². The summed E-state index contributed by atoms with van der Waals surface area (Å²) in [7, 11) is 0. The van der Waals surface area contributed by atoms with Crippen molar-refractivity contribution < 1.29 is 0 Å². The molecule has 0 atom stereocenters. The Morgan fingerprint density at radius 3 is 2.50 bits per heavy atom. The lowest BCUT2D eigenvalue weighted by Gasteiger charge is -2.21. The largest absolute Gasteiger partial charge is 0.356 e. The van der Waals surface area contributed by atoms with Gasteiger partial charge in [0.25, 0.3) is 0 Å². The van der Waals surface area contributed by atoms with Crippen LogP contribution < -0.4 is 10.6 Å². The number of nitrogens with one attached hydrogen (secondary N) is 2. The van der Waals surface area contributed by atoms with Crippen molar-refractivity contribution in [1.29, 1.82) is 0 Å². The van der Waals surface area contributed by atoms with E-state index in [9.17, 15) is 0 Å². The molecule has 0 aromatic heterocycles. The van der Waals surface area contributed by atoms with E-state index >= 15 is 0 Å². The number of hydrogen-bond donors (Lipinski definition) is 2. The van der Waals surface area contributed by atoms with E-state index in [2.05, 4.69) is 34.4 Å². The molecule has 4 nitrogen and oxygen atoms in total. The Bertz CT molecular complexity index is 215. The highest BCUT2D eigenvalue weighted by Gasteiger charge is 2.04. The molecule has 1 aliphatic rings. The summed E-state index contributed by atoms with van der Waals surface area (Å²) in [5.74, 6) is 0.994. The van der Waals surface area contributed by atoms with Gasteiger partial charge in [0.2, 0.25) is 0 Å². The Morgan fingerprint density at radius 1 is 1.22 bits per heavy atom. The minimum atomic E-state index is 0. The lowest BCUT2D eigenvalue weighted by atomic mass is 10.3. The van der Waals surface area contributed by atoms with Crippen LogP contribution in [0, 0.1) is 0 Å². The summed E-state index contributed by atoms with van der Waals surface area (Å²) in [6.07, 6.45) is 4.86. The number of hydrogen-bond acceptors (Lipinski definition) is 4. The molecule has 0 saturated heterocycles. The molecule has 1 aliphatic heterocycles. The van der Waals surface area contributed by atoms with Gasteiger partial charge in [-0.15, -0.1) is 24.0 Å². The van der Waals surface area contributed by atoms with Crippen molar-refractivity contribution >= 4 is 29.9 Å². The monoisotopic (exact) mass is 368 g/mol. The van der Waals surface area contributed by atoms with Gasteiger partial charge in [0, 0.05) is 19.6 Å². The van der Waals surface area contributed by atoms with Crippen LogP contribution in [0.2, 0.25) is 0 Å². The Kier molecular flexibility index (Phi) is 12.0. The van der Waals surface area contributed by atoms with Crippen molar-refractivity contribution in [2.75, 3.05) is 39.3 Å². The molecule has 0 unspecified atom stereocenters. The van der Waals surface area contributed by atoms with Gasteiger partial charge in [0.15, 0.2) is 5.96 Å². The van der Waals surface area contributed by atoms with Crippen LogP contribution in [-0.4, -0.2) is 50.1 Å². The molecule has 18 heavy (non-hydrogen) atoms. The second-order valence-electron chi connectivity index (χ2n) is 4.63. The third kappa shape index (κ3) is 8.13. The third-order valence-electron chi connectivity index (χ3n) is 2.92. The first-order valence-electron chi connectivity index (χ1n) is 7.11. The van der Waals surface area contributed by atoms with E-state index in [1.807, 2.05) is 0 Å². The van der Waals surface area contributed by atoms with Crippen molar-refractivity contribution in [1.82, 2.24) is 15.5 Å². The lowest BCUT2D eigenvalue weighted by molar-refractivity contribution is 0.271. The van der Waals surface area contributed by atoms with Crippen LogP contribution in [0.4, 0.5) is 0 Å². The highest BCUT2D eigenvalue weighted by molar-refractivity contribution is 14.0. The van der Waals surface area contributed by atoms with E-state index in [0.717, 1.165) is 32.0 Å². The average Bonchev–Trinajstić information content (AvgIpc) is 2.36. The number of guanidine groups is 1.